The second kappa shape index (κ2) is 7.39. The molecule has 106 valence electrons. The monoisotopic (exact) mass is 263 g/mol. The summed E-state index contributed by atoms with van der Waals surface area (Å²) in [5.74, 6) is 2.23. The Morgan fingerprint density at radius 2 is 1.74 bits per heavy atom. The molecule has 1 atom stereocenters. The summed E-state index contributed by atoms with van der Waals surface area (Å²) in [6.07, 6.45) is 6.48. The van der Waals surface area contributed by atoms with Crippen molar-refractivity contribution in [3.63, 3.8) is 0 Å². The van der Waals surface area contributed by atoms with Crippen LogP contribution in [0.4, 0.5) is 0 Å². The van der Waals surface area contributed by atoms with Crippen LogP contribution in [-0.4, -0.2) is 19.3 Å². The van der Waals surface area contributed by atoms with E-state index < -0.39 is 0 Å². The molecule has 0 saturated heterocycles. The molecule has 0 bridgehead atoms. The molecule has 3 heteroatoms. The fourth-order valence-electron chi connectivity index (χ4n) is 2.73. The summed E-state index contributed by atoms with van der Waals surface area (Å²) in [6.45, 7) is 3.20. The number of ether oxygens (including phenoxy) is 2. The zero-order chi connectivity index (χ0) is 13.5. The third kappa shape index (κ3) is 4.13. The lowest BCUT2D eigenvalue weighted by molar-refractivity contribution is 0.205. The first-order valence-electron chi connectivity index (χ1n) is 7.41. The average Bonchev–Trinajstić information content (AvgIpc) is 2.47. The van der Waals surface area contributed by atoms with Crippen LogP contribution in [-0.2, 0) is 0 Å². The lowest BCUT2D eigenvalue weighted by Gasteiger charge is -2.27. The van der Waals surface area contributed by atoms with Crippen molar-refractivity contribution in [1.82, 2.24) is 0 Å². The quantitative estimate of drug-likeness (QED) is 0.855. The van der Waals surface area contributed by atoms with Gasteiger partial charge in [-0.25, -0.2) is 0 Å². The van der Waals surface area contributed by atoms with Crippen LogP contribution < -0.4 is 15.2 Å². The van der Waals surface area contributed by atoms with Gasteiger partial charge < -0.3 is 15.2 Å². The van der Waals surface area contributed by atoms with Crippen molar-refractivity contribution in [2.45, 2.75) is 45.1 Å². The molecule has 0 radical (unpaired) electrons. The number of hydrogen-bond acceptors (Lipinski definition) is 3. The van der Waals surface area contributed by atoms with E-state index in [4.69, 9.17) is 15.2 Å². The van der Waals surface area contributed by atoms with E-state index in [0.29, 0.717) is 19.1 Å². The number of para-hydroxylation sites is 2. The first-order chi connectivity index (χ1) is 9.31. The topological polar surface area (TPSA) is 44.5 Å². The van der Waals surface area contributed by atoms with E-state index in [-0.39, 0.29) is 6.04 Å². The molecule has 1 fully saturated rings. The highest BCUT2D eigenvalue weighted by atomic mass is 16.5. The van der Waals surface area contributed by atoms with Crippen LogP contribution in [0.2, 0.25) is 0 Å². The van der Waals surface area contributed by atoms with Gasteiger partial charge in [0.05, 0.1) is 6.61 Å². The predicted molar refractivity (Wildman–Crippen MR) is 77.7 cm³/mol. The number of rotatable bonds is 6. The molecule has 19 heavy (non-hydrogen) atoms. The van der Waals surface area contributed by atoms with Crippen molar-refractivity contribution < 1.29 is 9.47 Å². The lowest BCUT2D eigenvalue weighted by Crippen LogP contribution is -2.37. The standard InChI is InChI=1S/C16H25NO2/c1-2-18-15-10-6-7-11-16(15)19-12-14(17)13-8-4-3-5-9-13/h6-7,10-11,13-14H,2-5,8-9,12,17H2,1H3. The average molecular weight is 263 g/mol. The van der Waals surface area contributed by atoms with E-state index >= 15 is 0 Å². The van der Waals surface area contributed by atoms with Gasteiger partial charge in [0.15, 0.2) is 11.5 Å². The Bertz CT molecular complexity index is 375. The highest BCUT2D eigenvalue weighted by Gasteiger charge is 2.21. The molecule has 0 heterocycles. The van der Waals surface area contributed by atoms with Gasteiger partial charge in [-0.15, -0.1) is 0 Å². The molecular weight excluding hydrogens is 238 g/mol. The van der Waals surface area contributed by atoms with Crippen molar-refractivity contribution in [1.29, 1.82) is 0 Å². The largest absolute Gasteiger partial charge is 0.490 e. The summed E-state index contributed by atoms with van der Waals surface area (Å²) in [4.78, 5) is 0. The van der Waals surface area contributed by atoms with Crippen LogP contribution in [0.5, 0.6) is 11.5 Å². The van der Waals surface area contributed by atoms with Gasteiger partial charge >= 0.3 is 0 Å². The molecular formula is C16H25NO2. The first-order valence-corrected chi connectivity index (χ1v) is 7.41. The van der Waals surface area contributed by atoms with Gasteiger partial charge in [-0.2, -0.15) is 0 Å². The summed E-state index contributed by atoms with van der Waals surface area (Å²) in [6, 6.07) is 7.93. The molecule has 1 aromatic carbocycles. The van der Waals surface area contributed by atoms with Gasteiger partial charge in [-0.3, -0.25) is 0 Å². The van der Waals surface area contributed by atoms with Crippen molar-refractivity contribution in [2.75, 3.05) is 13.2 Å². The molecule has 3 nitrogen and oxygen atoms in total. The molecule has 0 aromatic heterocycles. The minimum atomic E-state index is 0.134. The first kappa shape index (κ1) is 14.2. The Labute approximate surface area is 116 Å². The van der Waals surface area contributed by atoms with Gasteiger partial charge in [0.1, 0.15) is 6.61 Å². The van der Waals surface area contributed by atoms with E-state index in [1.54, 1.807) is 0 Å². The molecule has 0 amide bonds. The molecule has 1 aromatic rings. The van der Waals surface area contributed by atoms with Gasteiger partial charge in [0, 0.05) is 6.04 Å². The second-order valence-corrected chi connectivity index (χ2v) is 5.25. The summed E-state index contributed by atoms with van der Waals surface area (Å²) >= 11 is 0. The third-order valence-electron chi connectivity index (χ3n) is 3.84. The van der Waals surface area contributed by atoms with E-state index in [1.165, 1.54) is 32.1 Å². The van der Waals surface area contributed by atoms with E-state index in [9.17, 15) is 0 Å². The fourth-order valence-corrected chi connectivity index (χ4v) is 2.73. The van der Waals surface area contributed by atoms with E-state index in [1.807, 2.05) is 31.2 Å². The van der Waals surface area contributed by atoms with Crippen molar-refractivity contribution in [2.24, 2.45) is 11.7 Å². The number of nitrogens with two attached hydrogens (primary N) is 1. The van der Waals surface area contributed by atoms with Crippen molar-refractivity contribution in [3.8, 4) is 11.5 Å². The Hall–Kier alpha value is -1.22. The molecule has 2 N–H and O–H groups in total. The highest BCUT2D eigenvalue weighted by Crippen LogP contribution is 2.29. The fraction of sp³-hybridized carbons (Fsp3) is 0.625. The molecule has 0 spiro atoms. The van der Waals surface area contributed by atoms with Gasteiger partial charge in [0.2, 0.25) is 0 Å². The zero-order valence-corrected chi connectivity index (χ0v) is 11.8. The third-order valence-corrected chi connectivity index (χ3v) is 3.84. The number of hydrogen-bond donors (Lipinski definition) is 1. The minimum Gasteiger partial charge on any atom is -0.490 e. The molecule has 1 unspecified atom stereocenters. The summed E-state index contributed by atoms with van der Waals surface area (Å²) in [5.41, 5.74) is 6.25. The van der Waals surface area contributed by atoms with Crippen LogP contribution in [0.15, 0.2) is 24.3 Å². The highest BCUT2D eigenvalue weighted by molar-refractivity contribution is 5.39. The van der Waals surface area contributed by atoms with Crippen LogP contribution in [0.1, 0.15) is 39.0 Å². The minimum absolute atomic E-state index is 0.134. The van der Waals surface area contributed by atoms with E-state index in [0.717, 1.165) is 11.5 Å². The maximum Gasteiger partial charge on any atom is 0.161 e. The maximum absolute atomic E-state index is 6.25. The Morgan fingerprint density at radius 1 is 1.11 bits per heavy atom. The summed E-state index contributed by atoms with van der Waals surface area (Å²) in [5, 5.41) is 0. The second-order valence-electron chi connectivity index (χ2n) is 5.25. The summed E-state index contributed by atoms with van der Waals surface area (Å²) in [7, 11) is 0. The van der Waals surface area contributed by atoms with Crippen LogP contribution in [0.25, 0.3) is 0 Å². The molecule has 1 aliphatic carbocycles. The molecule has 0 aliphatic heterocycles. The summed E-state index contributed by atoms with van der Waals surface area (Å²) < 4.78 is 11.4. The molecule has 2 rings (SSSR count). The molecule has 1 saturated carbocycles. The smallest absolute Gasteiger partial charge is 0.161 e. The van der Waals surface area contributed by atoms with Crippen LogP contribution in [0.3, 0.4) is 0 Å². The Balaban J connectivity index is 1.87. The van der Waals surface area contributed by atoms with E-state index in [2.05, 4.69) is 0 Å². The van der Waals surface area contributed by atoms with Gasteiger partial charge in [-0.05, 0) is 37.8 Å². The lowest BCUT2D eigenvalue weighted by atomic mass is 9.84. The molecule has 1 aliphatic rings. The van der Waals surface area contributed by atoms with Crippen molar-refractivity contribution in [3.05, 3.63) is 24.3 Å². The number of benzene rings is 1. The predicted octanol–water partition coefficient (Wildman–Crippen LogP) is 3.37. The Morgan fingerprint density at radius 3 is 2.37 bits per heavy atom. The Kier molecular flexibility index (Phi) is 5.52. The van der Waals surface area contributed by atoms with Gasteiger partial charge in [-0.1, -0.05) is 31.4 Å². The van der Waals surface area contributed by atoms with Crippen LogP contribution >= 0.6 is 0 Å². The van der Waals surface area contributed by atoms with Crippen LogP contribution in [0, 0.1) is 5.92 Å². The SMILES string of the molecule is CCOc1ccccc1OCC(N)C1CCCCC1. The van der Waals surface area contributed by atoms with Gasteiger partial charge in [0.25, 0.3) is 0 Å². The maximum atomic E-state index is 6.25. The van der Waals surface area contributed by atoms with Crippen molar-refractivity contribution >= 4 is 0 Å². The normalized spacial score (nSPS) is 18.0. The zero-order valence-electron chi connectivity index (χ0n) is 11.8.